The van der Waals surface area contributed by atoms with Crippen LogP contribution in [0.25, 0.3) is 21.7 Å². The molecule has 2 aromatic heterocycles. The summed E-state index contributed by atoms with van der Waals surface area (Å²) >= 11 is 0. The van der Waals surface area contributed by atoms with Crippen molar-refractivity contribution in [1.82, 2.24) is 19.4 Å². The van der Waals surface area contributed by atoms with Gasteiger partial charge in [-0.2, -0.15) is 5.26 Å². The smallest absolute Gasteiger partial charge is 0.261 e. The number of nitrogens with zero attached hydrogens (tertiary/aromatic N) is 5. The third kappa shape index (κ3) is 4.47. The Balaban J connectivity index is 1.31. The fourth-order valence-electron chi connectivity index (χ4n) is 5.97. The Bertz CT molecular complexity index is 1550. The van der Waals surface area contributed by atoms with Crippen LogP contribution in [0.15, 0.2) is 65.8 Å². The van der Waals surface area contributed by atoms with Crippen molar-refractivity contribution in [3.63, 3.8) is 0 Å². The molecule has 2 aliphatic rings. The molecule has 38 heavy (non-hydrogen) atoms. The molecule has 2 atom stereocenters. The van der Waals surface area contributed by atoms with Gasteiger partial charge in [-0.05, 0) is 48.4 Å². The average Bonchev–Trinajstić information content (AvgIpc) is 2.97. The molecule has 0 radical (unpaired) electrons. The number of likely N-dealkylation sites (tertiary alicyclic amines) is 1. The van der Waals surface area contributed by atoms with Gasteiger partial charge in [0.05, 0.1) is 41.7 Å². The summed E-state index contributed by atoms with van der Waals surface area (Å²) in [6, 6.07) is 18.4. The summed E-state index contributed by atoms with van der Waals surface area (Å²) in [5.74, 6) is -0.0338. The lowest BCUT2D eigenvalue weighted by molar-refractivity contribution is -0.0486. The maximum atomic E-state index is 13.6. The minimum atomic E-state index is -0.579. The van der Waals surface area contributed by atoms with Crippen LogP contribution in [0.2, 0.25) is 0 Å². The highest BCUT2D eigenvalue weighted by Gasteiger charge is 2.37. The third-order valence-corrected chi connectivity index (χ3v) is 8.29. The third-order valence-electron chi connectivity index (χ3n) is 8.29. The summed E-state index contributed by atoms with van der Waals surface area (Å²) in [7, 11) is 0. The number of piperidine rings is 1. The summed E-state index contributed by atoms with van der Waals surface area (Å²) < 4.78 is 6.99. The Morgan fingerprint density at radius 3 is 2.61 bits per heavy atom. The van der Waals surface area contributed by atoms with Gasteiger partial charge in [0.1, 0.15) is 5.41 Å². The van der Waals surface area contributed by atoms with Gasteiger partial charge in [0.25, 0.3) is 5.56 Å². The van der Waals surface area contributed by atoms with Gasteiger partial charge in [-0.15, -0.1) is 0 Å². The second-order valence-corrected chi connectivity index (χ2v) is 10.6. The topological polar surface area (TPSA) is 104 Å². The highest BCUT2D eigenvalue weighted by molar-refractivity contribution is 6.06. The molecule has 0 unspecified atom stereocenters. The Kier molecular flexibility index (Phi) is 6.66. The van der Waals surface area contributed by atoms with Crippen molar-refractivity contribution in [2.45, 2.75) is 43.9 Å². The van der Waals surface area contributed by atoms with Crippen LogP contribution in [0.3, 0.4) is 0 Å². The number of ether oxygens (including phenoxy) is 1. The van der Waals surface area contributed by atoms with Gasteiger partial charge in [0.15, 0.2) is 0 Å². The molecule has 0 saturated carbocycles. The van der Waals surface area contributed by atoms with Crippen molar-refractivity contribution in [2.24, 2.45) is 5.92 Å². The van der Waals surface area contributed by atoms with Crippen molar-refractivity contribution < 1.29 is 9.84 Å². The molecular formula is C30H31N5O3. The summed E-state index contributed by atoms with van der Waals surface area (Å²) in [6.07, 6.45) is 4.94. The summed E-state index contributed by atoms with van der Waals surface area (Å²) in [5, 5.41) is 23.0. The standard InChI is InChI=1S/C30H31N5O3/c31-19-30(27-7-3-4-11-32-27)9-12-34(13-10-30)16-22-15-25-28(24-6-2-1-5-23(22)24)33-20-35(29(25)37)17-21-8-14-38-18-26(21)36/h1-7,11,15,20-21,26,36H,8-10,12-14,16-18H2/t21-,26+/m1/s1. The lowest BCUT2D eigenvalue weighted by Gasteiger charge is -2.37. The number of hydrogen-bond donors (Lipinski definition) is 1. The van der Waals surface area contributed by atoms with Crippen LogP contribution >= 0.6 is 0 Å². The zero-order chi connectivity index (χ0) is 26.1. The van der Waals surface area contributed by atoms with Crippen LogP contribution < -0.4 is 5.56 Å². The van der Waals surface area contributed by atoms with Gasteiger partial charge in [0.2, 0.25) is 0 Å². The molecule has 2 fully saturated rings. The first-order valence-electron chi connectivity index (χ1n) is 13.3. The second kappa shape index (κ2) is 10.3. The number of rotatable bonds is 5. The summed E-state index contributed by atoms with van der Waals surface area (Å²) in [5.41, 5.74) is 1.99. The minimum Gasteiger partial charge on any atom is -0.390 e. The maximum Gasteiger partial charge on any atom is 0.261 e. The van der Waals surface area contributed by atoms with E-state index in [9.17, 15) is 15.2 Å². The normalized spacial score (nSPS) is 21.9. The SMILES string of the molecule is N#CC1(c2ccccn2)CCN(Cc2cc3c(=O)n(C[C@H]4CCOC[C@@H]4O)cnc3c3ccccc23)CC1. The number of benzene rings is 2. The molecule has 8 heteroatoms. The molecule has 1 N–H and O–H groups in total. The lowest BCUT2D eigenvalue weighted by Crippen LogP contribution is -2.42. The summed E-state index contributed by atoms with van der Waals surface area (Å²) in [6.45, 7) is 3.55. The van der Waals surface area contributed by atoms with E-state index < -0.39 is 11.5 Å². The first-order chi connectivity index (χ1) is 18.6. The Morgan fingerprint density at radius 2 is 1.87 bits per heavy atom. The molecule has 6 rings (SSSR count). The fourth-order valence-corrected chi connectivity index (χ4v) is 5.97. The molecule has 2 aromatic carbocycles. The van der Waals surface area contributed by atoms with Crippen molar-refractivity contribution in [2.75, 3.05) is 26.3 Å². The number of hydrogen-bond acceptors (Lipinski definition) is 7. The molecule has 4 aromatic rings. The van der Waals surface area contributed by atoms with Crippen molar-refractivity contribution in [1.29, 1.82) is 5.26 Å². The number of aliphatic hydroxyl groups excluding tert-OH is 1. The number of pyridine rings is 1. The van der Waals surface area contributed by atoms with E-state index in [1.807, 2.05) is 42.5 Å². The van der Waals surface area contributed by atoms with Crippen LogP contribution in [-0.2, 0) is 23.2 Å². The highest BCUT2D eigenvalue weighted by Crippen LogP contribution is 2.35. The first-order valence-corrected chi connectivity index (χ1v) is 13.3. The second-order valence-electron chi connectivity index (χ2n) is 10.6. The first kappa shape index (κ1) is 24.7. The quantitative estimate of drug-likeness (QED) is 0.411. The van der Waals surface area contributed by atoms with Gasteiger partial charge < -0.3 is 9.84 Å². The van der Waals surface area contributed by atoms with Gasteiger partial charge in [0, 0.05) is 50.3 Å². The van der Waals surface area contributed by atoms with E-state index in [2.05, 4.69) is 22.0 Å². The predicted octanol–water partition coefficient (Wildman–Crippen LogP) is 3.40. The molecule has 0 aliphatic carbocycles. The van der Waals surface area contributed by atoms with E-state index in [0.717, 1.165) is 35.1 Å². The molecule has 2 aliphatic heterocycles. The molecule has 0 amide bonds. The van der Waals surface area contributed by atoms with Crippen molar-refractivity contribution in [3.05, 3.63) is 82.7 Å². The molecule has 4 heterocycles. The van der Waals surface area contributed by atoms with Crippen LogP contribution in [0.5, 0.6) is 0 Å². The number of aliphatic hydroxyl groups is 1. The molecule has 2 saturated heterocycles. The number of nitriles is 1. The molecule has 0 spiro atoms. The molecular weight excluding hydrogens is 478 g/mol. The van der Waals surface area contributed by atoms with E-state index in [-0.39, 0.29) is 11.5 Å². The number of aromatic nitrogens is 3. The molecule has 0 bridgehead atoms. The van der Waals surface area contributed by atoms with Gasteiger partial charge in [-0.1, -0.05) is 30.3 Å². The Hall–Kier alpha value is -3.64. The van der Waals surface area contributed by atoms with Gasteiger partial charge in [-0.25, -0.2) is 4.98 Å². The monoisotopic (exact) mass is 509 g/mol. The van der Waals surface area contributed by atoms with E-state index in [1.165, 1.54) is 0 Å². The van der Waals surface area contributed by atoms with E-state index in [1.54, 1.807) is 17.1 Å². The predicted molar refractivity (Wildman–Crippen MR) is 144 cm³/mol. The zero-order valence-electron chi connectivity index (χ0n) is 21.3. The average molecular weight is 510 g/mol. The zero-order valence-corrected chi connectivity index (χ0v) is 21.3. The van der Waals surface area contributed by atoms with Crippen LogP contribution in [0.1, 0.15) is 30.5 Å². The van der Waals surface area contributed by atoms with Crippen LogP contribution in [0.4, 0.5) is 0 Å². The van der Waals surface area contributed by atoms with Crippen LogP contribution in [0, 0.1) is 17.2 Å². The fraction of sp³-hybridized carbons (Fsp3) is 0.400. The van der Waals surface area contributed by atoms with Gasteiger partial charge in [-0.3, -0.25) is 19.2 Å². The maximum absolute atomic E-state index is 13.6. The van der Waals surface area contributed by atoms with Crippen molar-refractivity contribution in [3.8, 4) is 6.07 Å². The Morgan fingerprint density at radius 1 is 1.08 bits per heavy atom. The molecule has 194 valence electrons. The van der Waals surface area contributed by atoms with E-state index >= 15 is 0 Å². The van der Waals surface area contributed by atoms with Crippen LogP contribution in [-0.4, -0.2) is 56.9 Å². The number of fused-ring (bicyclic) bond motifs is 3. The largest absolute Gasteiger partial charge is 0.390 e. The Labute approximate surface area is 221 Å². The van der Waals surface area contributed by atoms with Crippen molar-refractivity contribution >= 4 is 21.7 Å². The summed E-state index contributed by atoms with van der Waals surface area (Å²) in [4.78, 5) is 25.2. The highest BCUT2D eigenvalue weighted by atomic mass is 16.5. The van der Waals surface area contributed by atoms with E-state index in [4.69, 9.17) is 9.72 Å². The molecule has 8 nitrogen and oxygen atoms in total. The minimum absolute atomic E-state index is 0.0338. The van der Waals surface area contributed by atoms with Gasteiger partial charge >= 0.3 is 0 Å². The van der Waals surface area contributed by atoms with E-state index in [0.29, 0.717) is 56.5 Å². The lowest BCUT2D eigenvalue weighted by atomic mass is 9.76.